The molecular formula is C14H19ClO3. The highest BCUT2D eigenvalue weighted by atomic mass is 35.5. The summed E-state index contributed by atoms with van der Waals surface area (Å²) in [5.41, 5.74) is 0.894. The summed E-state index contributed by atoms with van der Waals surface area (Å²) < 4.78 is 10.7. The monoisotopic (exact) mass is 270 g/mol. The lowest BCUT2D eigenvalue weighted by Gasteiger charge is -2.16. The van der Waals surface area contributed by atoms with Gasteiger partial charge in [-0.15, -0.1) is 0 Å². The van der Waals surface area contributed by atoms with Crippen LogP contribution in [-0.2, 0) is 9.53 Å². The minimum Gasteiger partial charge on any atom is -0.479 e. The molecule has 0 aromatic heterocycles. The summed E-state index contributed by atoms with van der Waals surface area (Å²) in [7, 11) is 0. The largest absolute Gasteiger partial charge is 0.479 e. The van der Waals surface area contributed by atoms with E-state index in [0.29, 0.717) is 23.3 Å². The number of rotatable bonds is 5. The highest BCUT2D eigenvalue weighted by Gasteiger charge is 2.17. The zero-order valence-electron chi connectivity index (χ0n) is 11.2. The molecule has 0 radical (unpaired) electrons. The molecule has 0 aliphatic rings. The van der Waals surface area contributed by atoms with E-state index in [-0.39, 0.29) is 5.97 Å². The molecule has 0 heterocycles. The number of halogens is 1. The van der Waals surface area contributed by atoms with Gasteiger partial charge in [-0.3, -0.25) is 0 Å². The Bertz CT molecular complexity index is 416. The van der Waals surface area contributed by atoms with E-state index in [1.165, 1.54) is 0 Å². The highest BCUT2D eigenvalue weighted by molar-refractivity contribution is 6.30. The van der Waals surface area contributed by atoms with Crippen molar-refractivity contribution in [3.8, 4) is 5.75 Å². The van der Waals surface area contributed by atoms with Gasteiger partial charge in [0.2, 0.25) is 0 Å². The zero-order chi connectivity index (χ0) is 13.7. The quantitative estimate of drug-likeness (QED) is 0.767. The van der Waals surface area contributed by atoms with Gasteiger partial charge in [-0.2, -0.15) is 0 Å². The molecule has 0 aliphatic heterocycles. The molecule has 0 saturated heterocycles. The summed E-state index contributed by atoms with van der Waals surface area (Å²) >= 11 is 5.85. The molecule has 0 spiro atoms. The van der Waals surface area contributed by atoms with E-state index in [1.807, 2.05) is 20.8 Å². The van der Waals surface area contributed by atoms with Crippen LogP contribution in [-0.4, -0.2) is 18.7 Å². The summed E-state index contributed by atoms with van der Waals surface area (Å²) in [6.07, 6.45) is -0.622. The van der Waals surface area contributed by atoms with Crippen LogP contribution in [0.1, 0.15) is 26.3 Å². The van der Waals surface area contributed by atoms with E-state index in [1.54, 1.807) is 25.1 Å². The maximum atomic E-state index is 11.7. The molecule has 1 atom stereocenters. The second kappa shape index (κ2) is 6.64. The van der Waals surface area contributed by atoms with Gasteiger partial charge < -0.3 is 9.47 Å². The normalized spacial score (nSPS) is 12.3. The SMILES string of the molecule is Cc1cc(Cl)ccc1O[C@H](C)C(=O)OCC(C)C. The van der Waals surface area contributed by atoms with Crippen LogP contribution in [0.4, 0.5) is 0 Å². The van der Waals surface area contributed by atoms with E-state index in [9.17, 15) is 4.79 Å². The predicted molar refractivity (Wildman–Crippen MR) is 72.1 cm³/mol. The van der Waals surface area contributed by atoms with Crippen LogP contribution in [0.15, 0.2) is 18.2 Å². The summed E-state index contributed by atoms with van der Waals surface area (Å²) in [5, 5.41) is 0.648. The molecule has 1 aromatic carbocycles. The van der Waals surface area contributed by atoms with E-state index in [4.69, 9.17) is 21.1 Å². The van der Waals surface area contributed by atoms with Crippen molar-refractivity contribution in [2.45, 2.75) is 33.8 Å². The van der Waals surface area contributed by atoms with Crippen molar-refractivity contribution in [2.75, 3.05) is 6.61 Å². The minimum absolute atomic E-state index is 0.318. The number of benzene rings is 1. The lowest BCUT2D eigenvalue weighted by Crippen LogP contribution is -2.27. The van der Waals surface area contributed by atoms with E-state index in [2.05, 4.69) is 0 Å². The van der Waals surface area contributed by atoms with Gasteiger partial charge in [-0.25, -0.2) is 4.79 Å². The molecule has 0 N–H and O–H groups in total. The fourth-order valence-electron chi connectivity index (χ4n) is 1.35. The topological polar surface area (TPSA) is 35.5 Å². The first-order valence-corrected chi connectivity index (χ1v) is 6.37. The van der Waals surface area contributed by atoms with Crippen LogP contribution >= 0.6 is 11.6 Å². The Labute approximate surface area is 113 Å². The molecule has 1 aromatic rings. The van der Waals surface area contributed by atoms with Crippen molar-refractivity contribution < 1.29 is 14.3 Å². The Morgan fingerprint density at radius 1 is 1.33 bits per heavy atom. The number of carbonyl (C=O) groups excluding carboxylic acids is 1. The standard InChI is InChI=1S/C14H19ClO3/c1-9(2)8-17-14(16)11(4)18-13-6-5-12(15)7-10(13)3/h5-7,9,11H,8H2,1-4H3/t11-/m1/s1. The van der Waals surface area contributed by atoms with E-state index in [0.717, 1.165) is 5.56 Å². The van der Waals surface area contributed by atoms with Gasteiger partial charge in [0.1, 0.15) is 5.75 Å². The zero-order valence-corrected chi connectivity index (χ0v) is 12.0. The van der Waals surface area contributed by atoms with Gasteiger partial charge >= 0.3 is 5.97 Å². The highest BCUT2D eigenvalue weighted by Crippen LogP contribution is 2.23. The van der Waals surface area contributed by atoms with Crippen molar-refractivity contribution in [2.24, 2.45) is 5.92 Å². The molecule has 18 heavy (non-hydrogen) atoms. The predicted octanol–water partition coefficient (Wildman–Crippen LogP) is 3.61. The van der Waals surface area contributed by atoms with Crippen LogP contribution in [0.2, 0.25) is 5.02 Å². The molecule has 0 fully saturated rings. The molecule has 4 heteroatoms. The molecule has 0 aliphatic carbocycles. The minimum atomic E-state index is -0.622. The lowest BCUT2D eigenvalue weighted by molar-refractivity contribution is -0.152. The smallest absolute Gasteiger partial charge is 0.347 e. The maximum Gasteiger partial charge on any atom is 0.347 e. The average Bonchev–Trinajstić information content (AvgIpc) is 2.29. The number of ether oxygens (including phenoxy) is 2. The molecule has 0 amide bonds. The van der Waals surface area contributed by atoms with Gasteiger partial charge in [0, 0.05) is 5.02 Å². The second-order valence-corrected chi connectivity index (χ2v) is 5.13. The summed E-state index contributed by atoms with van der Waals surface area (Å²) in [6.45, 7) is 7.94. The molecule has 0 unspecified atom stereocenters. The van der Waals surface area contributed by atoms with Gasteiger partial charge in [0.15, 0.2) is 6.10 Å². The van der Waals surface area contributed by atoms with Crippen molar-refractivity contribution in [3.05, 3.63) is 28.8 Å². The van der Waals surface area contributed by atoms with Gasteiger partial charge in [0.25, 0.3) is 0 Å². The van der Waals surface area contributed by atoms with Crippen LogP contribution in [0.5, 0.6) is 5.75 Å². The number of esters is 1. The first-order valence-electron chi connectivity index (χ1n) is 5.99. The van der Waals surface area contributed by atoms with Gasteiger partial charge in [0.05, 0.1) is 6.61 Å². The Morgan fingerprint density at radius 3 is 2.56 bits per heavy atom. The fraction of sp³-hybridized carbons (Fsp3) is 0.500. The fourth-order valence-corrected chi connectivity index (χ4v) is 1.58. The summed E-state index contributed by atoms with van der Waals surface area (Å²) in [5.74, 6) is 0.616. The van der Waals surface area contributed by atoms with Crippen molar-refractivity contribution >= 4 is 17.6 Å². The lowest BCUT2D eigenvalue weighted by atomic mass is 10.2. The van der Waals surface area contributed by atoms with Gasteiger partial charge in [-0.1, -0.05) is 25.4 Å². The van der Waals surface area contributed by atoms with Gasteiger partial charge in [-0.05, 0) is 43.5 Å². The molecular weight excluding hydrogens is 252 g/mol. The number of aryl methyl sites for hydroxylation is 1. The van der Waals surface area contributed by atoms with Crippen LogP contribution in [0, 0.1) is 12.8 Å². The first-order chi connectivity index (χ1) is 8.40. The summed E-state index contributed by atoms with van der Waals surface area (Å²) in [6, 6.07) is 5.28. The Kier molecular flexibility index (Phi) is 5.48. The van der Waals surface area contributed by atoms with E-state index < -0.39 is 6.10 Å². The van der Waals surface area contributed by atoms with Crippen LogP contribution in [0.25, 0.3) is 0 Å². The molecule has 1 rings (SSSR count). The maximum absolute atomic E-state index is 11.7. The molecule has 0 bridgehead atoms. The average molecular weight is 271 g/mol. The third-order valence-electron chi connectivity index (χ3n) is 2.33. The third kappa shape index (κ3) is 4.57. The molecule has 0 saturated carbocycles. The molecule has 100 valence electrons. The number of carbonyl (C=O) groups is 1. The Hall–Kier alpha value is -1.22. The Morgan fingerprint density at radius 2 is 2.00 bits per heavy atom. The third-order valence-corrected chi connectivity index (χ3v) is 2.57. The van der Waals surface area contributed by atoms with Crippen LogP contribution in [0.3, 0.4) is 0 Å². The Balaban J connectivity index is 2.58. The number of hydrogen-bond acceptors (Lipinski definition) is 3. The first kappa shape index (κ1) is 14.8. The second-order valence-electron chi connectivity index (χ2n) is 4.69. The summed E-state index contributed by atoms with van der Waals surface area (Å²) in [4.78, 5) is 11.7. The van der Waals surface area contributed by atoms with Crippen LogP contribution < -0.4 is 4.74 Å². The molecule has 3 nitrogen and oxygen atoms in total. The van der Waals surface area contributed by atoms with E-state index >= 15 is 0 Å². The van der Waals surface area contributed by atoms with Crippen molar-refractivity contribution in [1.29, 1.82) is 0 Å². The number of hydrogen-bond donors (Lipinski definition) is 0. The van der Waals surface area contributed by atoms with Crippen molar-refractivity contribution in [3.63, 3.8) is 0 Å². The van der Waals surface area contributed by atoms with Crippen molar-refractivity contribution in [1.82, 2.24) is 0 Å².